The summed E-state index contributed by atoms with van der Waals surface area (Å²) in [6, 6.07) is 9.37. The van der Waals surface area contributed by atoms with Crippen molar-refractivity contribution in [2.45, 2.75) is 31.9 Å². The molecule has 0 aliphatic rings. The predicted molar refractivity (Wildman–Crippen MR) is 80.1 cm³/mol. The van der Waals surface area contributed by atoms with Gasteiger partial charge in [-0.2, -0.15) is 0 Å². The van der Waals surface area contributed by atoms with E-state index < -0.39 is 6.10 Å². The molecule has 0 saturated heterocycles. The molecule has 1 aromatic carbocycles. The topological polar surface area (TPSA) is 78.9 Å². The number of nitrogens with one attached hydrogen (secondary N) is 1. The second kappa shape index (κ2) is 8.39. The Hall–Kier alpha value is -1.92. The minimum atomic E-state index is -1.03. The molecule has 0 fully saturated rings. The zero-order valence-electron chi connectivity index (χ0n) is 12.6. The fourth-order valence-electron chi connectivity index (χ4n) is 1.84. The number of benzene rings is 1. The summed E-state index contributed by atoms with van der Waals surface area (Å²) in [6.07, 6.45) is -1.31. The van der Waals surface area contributed by atoms with Gasteiger partial charge in [0.05, 0.1) is 32.1 Å². The van der Waals surface area contributed by atoms with E-state index in [1.165, 1.54) is 14.2 Å². The molecule has 0 bridgehead atoms. The Balaban J connectivity index is 0.00000441. The first-order chi connectivity index (χ1) is 9.93. The second-order valence-electron chi connectivity index (χ2n) is 4.84. The molecule has 0 unspecified atom stereocenters. The van der Waals surface area contributed by atoms with Crippen molar-refractivity contribution in [3.8, 4) is 0 Å². The van der Waals surface area contributed by atoms with Gasteiger partial charge in [0.1, 0.15) is 0 Å². The zero-order valence-corrected chi connectivity index (χ0v) is 12.6. The molecule has 2 atom stereocenters. The van der Waals surface area contributed by atoms with Crippen LogP contribution in [-0.4, -0.2) is 42.2 Å². The first-order valence-electron chi connectivity index (χ1n) is 6.77. The molecule has 2 N–H and O–H groups in total. The molecule has 1 aromatic rings. The van der Waals surface area contributed by atoms with Crippen LogP contribution in [0, 0.1) is 0 Å². The van der Waals surface area contributed by atoms with E-state index in [4.69, 9.17) is 4.84 Å². The summed E-state index contributed by atoms with van der Waals surface area (Å²) in [6.45, 7) is 1.86. The zero-order chi connectivity index (χ0) is 15.8. The van der Waals surface area contributed by atoms with Gasteiger partial charge in [0.25, 0.3) is 0 Å². The number of carbonyl (C=O) groups is 2. The van der Waals surface area contributed by atoms with Crippen molar-refractivity contribution in [1.82, 2.24) is 10.4 Å². The summed E-state index contributed by atoms with van der Waals surface area (Å²) in [5, 5.41) is 13.6. The Labute approximate surface area is 126 Å². The Kier molecular flexibility index (Phi) is 6.84. The van der Waals surface area contributed by atoms with E-state index in [9.17, 15) is 14.7 Å². The third kappa shape index (κ3) is 5.93. The smallest absolute Gasteiger partial charge is 0.248 e. The summed E-state index contributed by atoms with van der Waals surface area (Å²) in [7, 11) is 2.81. The molecule has 6 nitrogen and oxygen atoms in total. The van der Waals surface area contributed by atoms with Crippen LogP contribution in [0.3, 0.4) is 0 Å². The molecule has 2 amide bonds. The number of rotatable bonds is 7. The molecule has 0 heterocycles. The van der Waals surface area contributed by atoms with Crippen LogP contribution in [0.15, 0.2) is 30.3 Å². The van der Waals surface area contributed by atoms with Gasteiger partial charge in [-0.1, -0.05) is 30.3 Å². The molecule has 21 heavy (non-hydrogen) atoms. The first kappa shape index (κ1) is 17.1. The molecule has 0 saturated carbocycles. The van der Waals surface area contributed by atoms with Crippen LogP contribution in [0.5, 0.6) is 0 Å². The van der Waals surface area contributed by atoms with Crippen molar-refractivity contribution in [3.05, 3.63) is 35.9 Å². The van der Waals surface area contributed by atoms with Gasteiger partial charge in [0.2, 0.25) is 11.8 Å². The van der Waals surface area contributed by atoms with Gasteiger partial charge in [-0.05, 0) is 12.5 Å². The normalized spacial score (nSPS) is 13.3. The average molecular weight is 296 g/mol. The van der Waals surface area contributed by atoms with Gasteiger partial charge in [-0.25, -0.2) is 5.06 Å². The van der Waals surface area contributed by atoms with E-state index in [0.717, 1.165) is 10.6 Å². The molecule has 1 rings (SSSR count). The van der Waals surface area contributed by atoms with Gasteiger partial charge in [0.15, 0.2) is 0 Å². The number of hydroxylamine groups is 2. The van der Waals surface area contributed by atoms with Gasteiger partial charge in [0, 0.05) is 8.47 Å². The lowest BCUT2D eigenvalue weighted by Crippen LogP contribution is -2.33. The average Bonchev–Trinajstić information content (AvgIpc) is 2.46. The van der Waals surface area contributed by atoms with Crippen molar-refractivity contribution in [2.24, 2.45) is 0 Å². The van der Waals surface area contributed by atoms with Gasteiger partial charge in [-0.15, -0.1) is 0 Å². The second-order valence-corrected chi connectivity index (χ2v) is 4.84. The quantitative estimate of drug-likeness (QED) is 0.743. The Morgan fingerprint density at radius 1 is 1.33 bits per heavy atom. The third-order valence-electron chi connectivity index (χ3n) is 3.13. The van der Waals surface area contributed by atoms with E-state index in [2.05, 4.69) is 5.32 Å². The highest BCUT2D eigenvalue weighted by Gasteiger charge is 2.18. The Bertz CT molecular complexity index is 470. The molecular weight excluding hydrogens is 272 g/mol. The van der Waals surface area contributed by atoms with Gasteiger partial charge in [-0.3, -0.25) is 14.4 Å². The highest BCUT2D eigenvalue weighted by molar-refractivity contribution is 5.79. The van der Waals surface area contributed by atoms with E-state index >= 15 is 0 Å². The molecule has 6 heteroatoms. The maximum Gasteiger partial charge on any atom is 0.248 e. The molecule has 0 aliphatic heterocycles. The largest absolute Gasteiger partial charge is 0.392 e. The number of hydrogen-bond acceptors (Lipinski definition) is 4. The number of hydrogen-bond donors (Lipinski definition) is 2. The van der Waals surface area contributed by atoms with E-state index in [1.54, 1.807) is 0 Å². The minimum Gasteiger partial charge on any atom is -0.392 e. The number of amides is 2. The highest BCUT2D eigenvalue weighted by Crippen LogP contribution is 2.12. The van der Waals surface area contributed by atoms with E-state index in [0.29, 0.717) is 0 Å². The van der Waals surface area contributed by atoms with Crippen LogP contribution in [0.4, 0.5) is 0 Å². The van der Waals surface area contributed by atoms with Crippen molar-refractivity contribution in [2.75, 3.05) is 14.2 Å². The number of carbonyl (C=O) groups excluding carboxylic acids is 2. The summed E-state index contributed by atoms with van der Waals surface area (Å²) in [4.78, 5) is 28.1. The van der Waals surface area contributed by atoms with Crippen molar-refractivity contribution >= 4 is 11.8 Å². The van der Waals surface area contributed by atoms with Crippen LogP contribution in [0.2, 0.25) is 0 Å². The lowest BCUT2D eigenvalue weighted by molar-refractivity contribution is -0.170. The predicted octanol–water partition coefficient (Wildman–Crippen LogP) is 1.27. The van der Waals surface area contributed by atoms with Gasteiger partial charge < -0.3 is 10.4 Å². The van der Waals surface area contributed by atoms with Crippen LogP contribution in [-0.2, 0) is 14.4 Å². The lowest BCUT2D eigenvalue weighted by Gasteiger charge is -2.18. The molecular formula is C15H24N2O4. The summed E-state index contributed by atoms with van der Waals surface area (Å²) in [5.74, 6) is -0.680. The molecule has 118 valence electrons. The Morgan fingerprint density at radius 3 is 2.52 bits per heavy atom. The molecule has 0 aliphatic carbocycles. The van der Waals surface area contributed by atoms with Crippen molar-refractivity contribution in [1.29, 1.82) is 0 Å². The number of aliphatic hydroxyl groups is 1. The minimum absolute atomic E-state index is 0. The molecule has 0 aromatic heterocycles. The fraction of sp³-hybridized carbons (Fsp3) is 0.467. The van der Waals surface area contributed by atoms with Gasteiger partial charge >= 0.3 is 0 Å². The highest BCUT2D eigenvalue weighted by atomic mass is 16.7. The fourth-order valence-corrected chi connectivity index (χ4v) is 1.84. The lowest BCUT2D eigenvalue weighted by atomic mass is 10.1. The summed E-state index contributed by atoms with van der Waals surface area (Å²) < 4.78 is 0. The van der Waals surface area contributed by atoms with Crippen LogP contribution >= 0.6 is 0 Å². The molecule has 0 radical (unpaired) electrons. The summed E-state index contributed by atoms with van der Waals surface area (Å²) >= 11 is 0. The first-order valence-corrected chi connectivity index (χ1v) is 6.77. The third-order valence-corrected chi connectivity index (χ3v) is 3.13. The number of aliphatic hydroxyl groups excluding tert-OH is 1. The van der Waals surface area contributed by atoms with Crippen molar-refractivity contribution < 1.29 is 21.0 Å². The number of nitrogens with zero attached hydrogens (tertiary/aromatic N) is 1. The van der Waals surface area contributed by atoms with E-state index in [-0.39, 0.29) is 32.1 Å². The Morgan fingerprint density at radius 2 is 1.95 bits per heavy atom. The maximum atomic E-state index is 11.8. The SMILES string of the molecule is CON(C)C(=O)C[C@@H](O)CC(=O)N[C@@H](C)c1ccccc1.[HH]. The van der Waals surface area contributed by atoms with Crippen LogP contribution in [0.1, 0.15) is 32.8 Å². The van der Waals surface area contributed by atoms with Crippen LogP contribution < -0.4 is 5.32 Å². The van der Waals surface area contributed by atoms with Crippen molar-refractivity contribution in [3.63, 3.8) is 0 Å². The van der Waals surface area contributed by atoms with E-state index in [1.807, 2.05) is 37.3 Å². The monoisotopic (exact) mass is 296 g/mol. The summed E-state index contributed by atoms with van der Waals surface area (Å²) in [5.41, 5.74) is 0.982. The maximum absolute atomic E-state index is 11.8. The molecule has 0 spiro atoms. The standard InChI is InChI=1S/C15H22N2O4.H2/c1-11(12-7-5-4-6-8-12)16-14(19)9-13(18)10-15(20)17(2)21-3;/h4-8,11,13,18H,9-10H2,1-3H3,(H,16,19);1H/t11-,13-;/m0./s1. The van der Waals surface area contributed by atoms with Crippen LogP contribution in [0.25, 0.3) is 0 Å².